The van der Waals surface area contributed by atoms with Crippen molar-refractivity contribution in [2.45, 2.75) is 12.3 Å². The lowest BCUT2D eigenvalue weighted by Crippen LogP contribution is -2.29. The predicted molar refractivity (Wildman–Crippen MR) is 90.8 cm³/mol. The number of carbonyl (C=O) groups is 1. The van der Waals surface area contributed by atoms with Crippen LogP contribution < -0.4 is 15.2 Å². The van der Waals surface area contributed by atoms with Crippen LogP contribution in [0.5, 0.6) is 11.5 Å². The van der Waals surface area contributed by atoms with Crippen molar-refractivity contribution >= 4 is 23.3 Å². The molecule has 0 spiro atoms. The number of likely N-dealkylation sites (tertiary alicyclic amines) is 1. The Morgan fingerprint density at radius 2 is 2.21 bits per heavy atom. The van der Waals surface area contributed by atoms with E-state index >= 15 is 0 Å². The van der Waals surface area contributed by atoms with Crippen LogP contribution in [0, 0.1) is 0 Å². The lowest BCUT2D eigenvalue weighted by Gasteiger charge is -2.18. The van der Waals surface area contributed by atoms with Crippen molar-refractivity contribution in [3.8, 4) is 11.5 Å². The van der Waals surface area contributed by atoms with Gasteiger partial charge >= 0.3 is 0 Å². The standard InChI is InChI=1S/C16H19ClN4O3/c1-23-11-5-3-4-10(14(11)24-2)9-6-7-21(8-9)16(22)13-12(17)15(18)20-19-13/h3-5,9H,6-8H2,1-2H3,(H3,18,19,20)/t9-/m0/s1. The van der Waals surface area contributed by atoms with Crippen molar-refractivity contribution in [3.63, 3.8) is 0 Å². The number of nitrogen functional groups attached to an aromatic ring is 1. The van der Waals surface area contributed by atoms with Gasteiger partial charge in [0.05, 0.1) is 14.2 Å². The Hall–Kier alpha value is -2.41. The first-order chi connectivity index (χ1) is 11.6. The number of hydrogen-bond acceptors (Lipinski definition) is 5. The van der Waals surface area contributed by atoms with E-state index in [1.807, 2.05) is 18.2 Å². The number of benzene rings is 1. The van der Waals surface area contributed by atoms with Crippen LogP contribution in [0.25, 0.3) is 0 Å². The number of ether oxygens (including phenoxy) is 2. The van der Waals surface area contributed by atoms with Gasteiger partial charge in [0.1, 0.15) is 10.7 Å². The molecule has 3 rings (SSSR count). The molecule has 1 aliphatic heterocycles. The normalized spacial score (nSPS) is 17.1. The average molecular weight is 351 g/mol. The fourth-order valence-corrected chi connectivity index (χ4v) is 3.24. The Kier molecular flexibility index (Phi) is 4.53. The number of aromatic nitrogens is 2. The summed E-state index contributed by atoms with van der Waals surface area (Å²) >= 11 is 6.02. The molecule has 1 aliphatic rings. The first-order valence-electron chi connectivity index (χ1n) is 7.56. The summed E-state index contributed by atoms with van der Waals surface area (Å²) in [4.78, 5) is 14.3. The van der Waals surface area contributed by atoms with E-state index < -0.39 is 0 Å². The maximum atomic E-state index is 12.6. The minimum absolute atomic E-state index is 0.130. The molecule has 0 radical (unpaired) electrons. The topological polar surface area (TPSA) is 93.5 Å². The molecule has 7 nitrogen and oxygen atoms in total. The summed E-state index contributed by atoms with van der Waals surface area (Å²) in [6.07, 6.45) is 0.830. The molecule has 2 aromatic rings. The number of anilines is 1. The largest absolute Gasteiger partial charge is 0.493 e. The summed E-state index contributed by atoms with van der Waals surface area (Å²) in [5.74, 6) is 1.49. The SMILES string of the molecule is COc1cccc([C@H]2CCN(C(=O)c3[nH]nc(N)c3Cl)C2)c1OC. The molecule has 1 aromatic heterocycles. The Morgan fingerprint density at radius 3 is 2.83 bits per heavy atom. The van der Waals surface area contributed by atoms with Gasteiger partial charge in [0.2, 0.25) is 0 Å². The number of nitrogens with two attached hydrogens (primary N) is 1. The summed E-state index contributed by atoms with van der Waals surface area (Å²) < 4.78 is 10.8. The van der Waals surface area contributed by atoms with E-state index in [2.05, 4.69) is 10.2 Å². The summed E-state index contributed by atoms with van der Waals surface area (Å²) in [5, 5.41) is 6.54. The second-order valence-corrected chi connectivity index (χ2v) is 6.00. The summed E-state index contributed by atoms with van der Waals surface area (Å²) in [6, 6.07) is 5.78. The van der Waals surface area contributed by atoms with Crippen LogP contribution in [0.3, 0.4) is 0 Å². The van der Waals surface area contributed by atoms with E-state index in [9.17, 15) is 4.79 Å². The average Bonchev–Trinajstić information content (AvgIpc) is 3.21. The van der Waals surface area contributed by atoms with Crippen LogP contribution >= 0.6 is 11.6 Å². The highest BCUT2D eigenvalue weighted by atomic mass is 35.5. The molecule has 24 heavy (non-hydrogen) atoms. The minimum atomic E-state index is -0.200. The molecule has 1 amide bonds. The van der Waals surface area contributed by atoms with Crippen LogP contribution in [-0.2, 0) is 0 Å². The quantitative estimate of drug-likeness (QED) is 0.882. The number of para-hydroxylation sites is 1. The van der Waals surface area contributed by atoms with Crippen LogP contribution in [0.15, 0.2) is 18.2 Å². The number of hydrogen-bond donors (Lipinski definition) is 2. The van der Waals surface area contributed by atoms with Gasteiger partial charge in [-0.25, -0.2) is 0 Å². The lowest BCUT2D eigenvalue weighted by atomic mass is 9.97. The second kappa shape index (κ2) is 6.60. The highest BCUT2D eigenvalue weighted by molar-refractivity contribution is 6.35. The number of halogens is 1. The van der Waals surface area contributed by atoms with Crippen molar-refractivity contribution in [2.75, 3.05) is 33.0 Å². The molecule has 0 unspecified atom stereocenters. The van der Waals surface area contributed by atoms with Crippen molar-refractivity contribution in [1.82, 2.24) is 15.1 Å². The molecule has 1 aromatic carbocycles. The third-order valence-electron chi connectivity index (χ3n) is 4.30. The maximum absolute atomic E-state index is 12.6. The number of rotatable bonds is 4. The Bertz CT molecular complexity index is 762. The fourth-order valence-electron chi connectivity index (χ4n) is 3.07. The van der Waals surface area contributed by atoms with Crippen molar-refractivity contribution in [3.05, 3.63) is 34.5 Å². The van der Waals surface area contributed by atoms with Gasteiger partial charge in [0.15, 0.2) is 17.3 Å². The fraction of sp³-hybridized carbons (Fsp3) is 0.375. The Morgan fingerprint density at radius 1 is 1.42 bits per heavy atom. The maximum Gasteiger partial charge on any atom is 0.273 e. The number of aromatic amines is 1. The molecule has 8 heteroatoms. The lowest BCUT2D eigenvalue weighted by molar-refractivity contribution is 0.0785. The van der Waals surface area contributed by atoms with Crippen LogP contribution in [0.4, 0.5) is 5.82 Å². The van der Waals surface area contributed by atoms with Gasteiger partial charge in [-0.05, 0) is 12.5 Å². The first-order valence-corrected chi connectivity index (χ1v) is 7.94. The zero-order valence-electron chi connectivity index (χ0n) is 13.5. The molecule has 1 saturated heterocycles. The molecule has 128 valence electrons. The highest BCUT2D eigenvalue weighted by Gasteiger charge is 2.32. The third-order valence-corrected chi connectivity index (χ3v) is 4.68. The first kappa shape index (κ1) is 16.4. The smallest absolute Gasteiger partial charge is 0.273 e. The van der Waals surface area contributed by atoms with Gasteiger partial charge in [-0.2, -0.15) is 5.10 Å². The van der Waals surface area contributed by atoms with Gasteiger partial charge in [-0.3, -0.25) is 9.89 Å². The number of amides is 1. The Labute approximate surface area is 144 Å². The molecule has 0 aliphatic carbocycles. The van der Waals surface area contributed by atoms with E-state index in [-0.39, 0.29) is 28.4 Å². The van der Waals surface area contributed by atoms with Crippen LogP contribution in [-0.4, -0.2) is 48.3 Å². The predicted octanol–water partition coefficient (Wildman–Crippen LogP) is 2.29. The molecule has 1 atom stereocenters. The number of methoxy groups -OCH3 is 2. The van der Waals surface area contributed by atoms with Gasteiger partial charge < -0.3 is 20.1 Å². The molecule has 0 saturated carbocycles. The van der Waals surface area contributed by atoms with Crippen LogP contribution in [0.2, 0.25) is 5.02 Å². The molecule has 3 N–H and O–H groups in total. The van der Waals surface area contributed by atoms with Gasteiger partial charge in [-0.1, -0.05) is 23.7 Å². The summed E-state index contributed by atoms with van der Waals surface area (Å²) in [6.45, 7) is 1.19. The highest BCUT2D eigenvalue weighted by Crippen LogP contribution is 2.39. The van der Waals surface area contributed by atoms with Crippen molar-refractivity contribution < 1.29 is 14.3 Å². The third kappa shape index (κ3) is 2.75. The monoisotopic (exact) mass is 350 g/mol. The van der Waals surface area contributed by atoms with E-state index in [1.165, 1.54) is 0 Å². The van der Waals surface area contributed by atoms with E-state index in [0.29, 0.717) is 24.6 Å². The Balaban J connectivity index is 1.81. The summed E-state index contributed by atoms with van der Waals surface area (Å²) in [7, 11) is 3.23. The molecular formula is C16H19ClN4O3. The minimum Gasteiger partial charge on any atom is -0.493 e. The zero-order chi connectivity index (χ0) is 17.3. The van der Waals surface area contributed by atoms with Crippen molar-refractivity contribution in [1.29, 1.82) is 0 Å². The van der Waals surface area contributed by atoms with Gasteiger partial charge in [0.25, 0.3) is 5.91 Å². The number of H-pyrrole nitrogens is 1. The number of nitrogens with one attached hydrogen (secondary N) is 1. The van der Waals surface area contributed by atoms with E-state index in [4.69, 9.17) is 26.8 Å². The van der Waals surface area contributed by atoms with Gasteiger partial charge in [0, 0.05) is 24.6 Å². The number of carbonyl (C=O) groups excluding carboxylic acids is 1. The molecule has 2 heterocycles. The van der Waals surface area contributed by atoms with E-state index in [1.54, 1.807) is 19.1 Å². The van der Waals surface area contributed by atoms with Gasteiger partial charge in [-0.15, -0.1) is 0 Å². The zero-order valence-corrected chi connectivity index (χ0v) is 14.3. The molecule has 0 bridgehead atoms. The second-order valence-electron chi connectivity index (χ2n) is 5.62. The molecular weight excluding hydrogens is 332 g/mol. The number of nitrogens with zero attached hydrogens (tertiary/aromatic N) is 2. The van der Waals surface area contributed by atoms with Crippen molar-refractivity contribution in [2.24, 2.45) is 0 Å². The van der Waals surface area contributed by atoms with E-state index in [0.717, 1.165) is 12.0 Å². The van der Waals surface area contributed by atoms with Crippen LogP contribution in [0.1, 0.15) is 28.4 Å². The molecule has 1 fully saturated rings. The summed E-state index contributed by atoms with van der Waals surface area (Å²) in [5.41, 5.74) is 6.85.